The second-order valence-electron chi connectivity index (χ2n) is 6.84. The highest BCUT2D eigenvalue weighted by molar-refractivity contribution is 5.93. The first kappa shape index (κ1) is 18.6. The fourth-order valence-electron chi connectivity index (χ4n) is 3.24. The van der Waals surface area contributed by atoms with Crippen LogP contribution in [-0.2, 0) is 14.3 Å². The molecule has 7 heteroatoms. The first-order valence-electron chi connectivity index (χ1n) is 9.42. The van der Waals surface area contributed by atoms with E-state index in [0.717, 1.165) is 30.5 Å². The molecule has 0 radical (unpaired) electrons. The Bertz CT molecular complexity index is 966. The number of anilines is 1. The Morgan fingerprint density at radius 2 is 2.25 bits per heavy atom. The quantitative estimate of drug-likeness (QED) is 0.607. The molecule has 0 bridgehead atoms. The fraction of sp³-hybridized carbons (Fsp3) is 0.333. The first-order valence-corrected chi connectivity index (χ1v) is 9.42. The number of nitrogens with one attached hydrogen (secondary N) is 2. The molecule has 1 unspecified atom stereocenters. The average Bonchev–Trinajstić information content (AvgIpc) is 3.34. The zero-order valence-electron chi connectivity index (χ0n) is 15.4. The summed E-state index contributed by atoms with van der Waals surface area (Å²) >= 11 is 0. The average molecular weight is 383 g/mol. The number of aromatic amines is 1. The number of hydrogen-bond acceptors (Lipinski definition) is 4. The Balaban J connectivity index is 1.34. The molecule has 1 fully saturated rings. The largest absolute Gasteiger partial charge is 0.378 e. The molecule has 28 heavy (non-hydrogen) atoms. The zero-order valence-corrected chi connectivity index (χ0v) is 15.4. The van der Waals surface area contributed by atoms with Gasteiger partial charge in [0.05, 0.1) is 36.8 Å². The number of amides is 1. The number of benzene rings is 2. The highest BCUT2D eigenvalue weighted by atomic mass is 19.1. The Kier molecular flexibility index (Phi) is 5.64. The van der Waals surface area contributed by atoms with Crippen LogP contribution in [0.15, 0.2) is 42.5 Å². The molecule has 146 valence electrons. The van der Waals surface area contributed by atoms with Gasteiger partial charge < -0.3 is 19.8 Å². The molecular weight excluding hydrogens is 361 g/mol. The van der Waals surface area contributed by atoms with Crippen molar-refractivity contribution in [2.24, 2.45) is 0 Å². The summed E-state index contributed by atoms with van der Waals surface area (Å²) in [5.74, 6) is 0.157. The lowest BCUT2D eigenvalue weighted by Crippen LogP contribution is -2.18. The highest BCUT2D eigenvalue weighted by Gasteiger charge is 2.15. The number of carbonyl (C=O) groups excluding carboxylic acids is 1. The van der Waals surface area contributed by atoms with Crippen LogP contribution in [0.25, 0.3) is 22.4 Å². The van der Waals surface area contributed by atoms with Crippen LogP contribution in [0.1, 0.15) is 19.3 Å². The minimum absolute atomic E-state index is 0.114. The maximum atomic E-state index is 13.4. The van der Waals surface area contributed by atoms with Crippen LogP contribution < -0.4 is 5.32 Å². The van der Waals surface area contributed by atoms with Gasteiger partial charge in [-0.2, -0.15) is 0 Å². The molecule has 1 aliphatic heterocycles. The third-order valence-electron chi connectivity index (χ3n) is 4.66. The van der Waals surface area contributed by atoms with Crippen LogP contribution in [-0.4, -0.2) is 41.8 Å². The maximum Gasteiger partial charge on any atom is 0.226 e. The summed E-state index contributed by atoms with van der Waals surface area (Å²) in [5.41, 5.74) is 2.86. The summed E-state index contributed by atoms with van der Waals surface area (Å²) in [5, 5.41) is 2.86. The molecule has 1 amide bonds. The molecule has 0 aliphatic carbocycles. The van der Waals surface area contributed by atoms with E-state index in [-0.39, 0.29) is 24.2 Å². The van der Waals surface area contributed by atoms with E-state index in [4.69, 9.17) is 9.47 Å². The molecule has 1 saturated heterocycles. The van der Waals surface area contributed by atoms with Gasteiger partial charge in [0, 0.05) is 17.9 Å². The van der Waals surface area contributed by atoms with Crippen molar-refractivity contribution in [3.63, 3.8) is 0 Å². The van der Waals surface area contributed by atoms with Crippen molar-refractivity contribution in [1.29, 1.82) is 0 Å². The minimum Gasteiger partial charge on any atom is -0.378 e. The van der Waals surface area contributed by atoms with Gasteiger partial charge in [-0.3, -0.25) is 4.79 Å². The molecule has 0 saturated carbocycles. The van der Waals surface area contributed by atoms with E-state index < -0.39 is 0 Å². The number of nitrogens with zero attached hydrogens (tertiary/aromatic N) is 1. The predicted octanol–water partition coefficient (Wildman–Crippen LogP) is 3.89. The number of fused-ring (bicyclic) bond motifs is 1. The van der Waals surface area contributed by atoms with Crippen molar-refractivity contribution < 1.29 is 18.7 Å². The van der Waals surface area contributed by atoms with Crippen molar-refractivity contribution in [2.75, 3.05) is 25.1 Å². The third-order valence-corrected chi connectivity index (χ3v) is 4.66. The van der Waals surface area contributed by atoms with Crippen molar-refractivity contribution >= 4 is 22.6 Å². The van der Waals surface area contributed by atoms with E-state index in [1.807, 2.05) is 12.1 Å². The fourth-order valence-corrected chi connectivity index (χ4v) is 3.24. The van der Waals surface area contributed by atoms with Crippen molar-refractivity contribution in [2.45, 2.75) is 25.4 Å². The van der Waals surface area contributed by atoms with Gasteiger partial charge >= 0.3 is 0 Å². The predicted molar refractivity (Wildman–Crippen MR) is 105 cm³/mol. The molecule has 2 aromatic carbocycles. The van der Waals surface area contributed by atoms with E-state index in [9.17, 15) is 9.18 Å². The summed E-state index contributed by atoms with van der Waals surface area (Å²) in [4.78, 5) is 19.8. The lowest BCUT2D eigenvalue weighted by atomic mass is 10.2. The van der Waals surface area contributed by atoms with Crippen LogP contribution in [0.3, 0.4) is 0 Å². The van der Waals surface area contributed by atoms with Gasteiger partial charge in [0.1, 0.15) is 11.6 Å². The lowest BCUT2D eigenvalue weighted by Gasteiger charge is -2.10. The Labute approximate surface area is 162 Å². The number of ether oxygens (including phenoxy) is 2. The van der Waals surface area contributed by atoms with Gasteiger partial charge in [0.25, 0.3) is 0 Å². The van der Waals surface area contributed by atoms with E-state index in [0.29, 0.717) is 30.3 Å². The molecule has 6 nitrogen and oxygen atoms in total. The zero-order chi connectivity index (χ0) is 19.3. The van der Waals surface area contributed by atoms with Crippen molar-refractivity contribution in [1.82, 2.24) is 9.97 Å². The number of aromatic nitrogens is 2. The van der Waals surface area contributed by atoms with E-state index in [1.165, 1.54) is 12.1 Å². The van der Waals surface area contributed by atoms with E-state index >= 15 is 0 Å². The number of rotatable bonds is 7. The van der Waals surface area contributed by atoms with Gasteiger partial charge in [0.2, 0.25) is 5.91 Å². The molecule has 1 aliphatic rings. The smallest absolute Gasteiger partial charge is 0.226 e. The van der Waals surface area contributed by atoms with Crippen LogP contribution in [0.4, 0.5) is 10.1 Å². The second kappa shape index (κ2) is 8.50. The van der Waals surface area contributed by atoms with Gasteiger partial charge in [-0.05, 0) is 43.2 Å². The molecule has 2 heterocycles. The minimum atomic E-state index is -0.312. The molecule has 1 aromatic heterocycles. The second-order valence-corrected chi connectivity index (χ2v) is 6.84. The molecule has 3 aromatic rings. The Morgan fingerprint density at radius 3 is 3.07 bits per heavy atom. The van der Waals surface area contributed by atoms with E-state index in [2.05, 4.69) is 15.3 Å². The standard InChI is InChI=1S/C21H22FN3O3/c22-15-4-1-3-14(11-15)21-24-18-7-6-16(12-19(18)25-21)23-20(26)8-10-27-13-17-5-2-9-28-17/h1,3-4,6-7,11-12,17H,2,5,8-10,13H2,(H,23,26)(H,24,25). The third kappa shape index (κ3) is 4.55. The summed E-state index contributed by atoms with van der Waals surface area (Å²) < 4.78 is 24.4. The number of halogens is 1. The number of carbonyl (C=O) groups is 1. The molecule has 1 atom stereocenters. The summed E-state index contributed by atoms with van der Waals surface area (Å²) in [6.45, 7) is 1.70. The lowest BCUT2D eigenvalue weighted by molar-refractivity contribution is -0.117. The molecule has 4 rings (SSSR count). The summed E-state index contributed by atoms with van der Waals surface area (Å²) in [6.07, 6.45) is 2.54. The van der Waals surface area contributed by atoms with Gasteiger partial charge in [-0.15, -0.1) is 0 Å². The van der Waals surface area contributed by atoms with Crippen molar-refractivity contribution in [3.8, 4) is 11.4 Å². The Hall–Kier alpha value is -2.77. The van der Waals surface area contributed by atoms with Crippen LogP contribution in [0.5, 0.6) is 0 Å². The van der Waals surface area contributed by atoms with Crippen molar-refractivity contribution in [3.05, 3.63) is 48.3 Å². The van der Waals surface area contributed by atoms with Gasteiger partial charge in [-0.25, -0.2) is 9.37 Å². The molecule has 2 N–H and O–H groups in total. The molecular formula is C21H22FN3O3. The summed E-state index contributed by atoms with van der Waals surface area (Å²) in [6, 6.07) is 11.7. The summed E-state index contributed by atoms with van der Waals surface area (Å²) in [7, 11) is 0. The number of hydrogen-bond donors (Lipinski definition) is 2. The highest BCUT2D eigenvalue weighted by Crippen LogP contribution is 2.23. The normalized spacial score (nSPS) is 16.5. The molecule has 0 spiro atoms. The first-order chi connectivity index (χ1) is 13.7. The number of H-pyrrole nitrogens is 1. The van der Waals surface area contributed by atoms with Gasteiger partial charge in [-0.1, -0.05) is 12.1 Å². The topological polar surface area (TPSA) is 76.2 Å². The van der Waals surface area contributed by atoms with Gasteiger partial charge in [0.15, 0.2) is 0 Å². The van der Waals surface area contributed by atoms with Crippen LogP contribution in [0.2, 0.25) is 0 Å². The Morgan fingerprint density at radius 1 is 1.32 bits per heavy atom. The SMILES string of the molecule is O=C(CCOCC1CCCO1)Nc1ccc2nc(-c3cccc(F)c3)[nH]c2c1. The maximum absolute atomic E-state index is 13.4. The monoisotopic (exact) mass is 383 g/mol. The van der Waals surface area contributed by atoms with Crippen LogP contribution >= 0.6 is 0 Å². The van der Waals surface area contributed by atoms with E-state index in [1.54, 1.807) is 18.2 Å². The number of imidazole rings is 1. The van der Waals surface area contributed by atoms with Crippen LogP contribution in [0, 0.1) is 5.82 Å².